The fourth-order valence-corrected chi connectivity index (χ4v) is 2.51. The SMILES string of the molecule is CCc1cc(N(C)CN2CCNCC2)ccc1OC. The van der Waals surface area contributed by atoms with Crippen LogP contribution in [0.15, 0.2) is 18.2 Å². The molecule has 1 fully saturated rings. The molecule has 2 rings (SSSR count). The average Bonchev–Trinajstić information content (AvgIpc) is 2.47. The number of piperazine rings is 1. The zero-order chi connectivity index (χ0) is 13.7. The summed E-state index contributed by atoms with van der Waals surface area (Å²) in [5.41, 5.74) is 2.53. The Morgan fingerprint density at radius 3 is 2.68 bits per heavy atom. The summed E-state index contributed by atoms with van der Waals surface area (Å²) in [5.74, 6) is 0.988. The number of anilines is 1. The van der Waals surface area contributed by atoms with E-state index in [1.165, 1.54) is 11.3 Å². The van der Waals surface area contributed by atoms with Crippen LogP contribution in [0.4, 0.5) is 5.69 Å². The highest BCUT2D eigenvalue weighted by molar-refractivity contribution is 5.52. The minimum atomic E-state index is 0.983. The topological polar surface area (TPSA) is 27.7 Å². The normalized spacial score (nSPS) is 16.4. The molecular weight excluding hydrogens is 238 g/mol. The van der Waals surface area contributed by atoms with Crippen LogP contribution in [-0.4, -0.2) is 51.9 Å². The first-order valence-electron chi connectivity index (χ1n) is 7.05. The van der Waals surface area contributed by atoms with Crippen molar-refractivity contribution in [2.75, 3.05) is 51.9 Å². The second-order valence-electron chi connectivity index (χ2n) is 5.06. The van der Waals surface area contributed by atoms with E-state index in [1.807, 2.05) is 0 Å². The predicted octanol–water partition coefficient (Wildman–Crippen LogP) is 1.56. The average molecular weight is 263 g/mol. The van der Waals surface area contributed by atoms with Crippen LogP contribution in [-0.2, 0) is 6.42 Å². The molecule has 1 aliphatic heterocycles. The summed E-state index contributed by atoms with van der Waals surface area (Å²) in [6.45, 7) is 7.59. The van der Waals surface area contributed by atoms with Gasteiger partial charge in [0.15, 0.2) is 0 Å². The maximum atomic E-state index is 5.38. The maximum Gasteiger partial charge on any atom is 0.122 e. The molecule has 0 aromatic heterocycles. The second kappa shape index (κ2) is 6.78. The van der Waals surface area contributed by atoms with Gasteiger partial charge in [-0.2, -0.15) is 0 Å². The summed E-state index contributed by atoms with van der Waals surface area (Å²) in [4.78, 5) is 4.79. The van der Waals surface area contributed by atoms with Crippen molar-refractivity contribution in [3.63, 3.8) is 0 Å². The Kier molecular flexibility index (Phi) is 5.05. The summed E-state index contributed by atoms with van der Waals surface area (Å²) in [5, 5.41) is 3.38. The van der Waals surface area contributed by atoms with E-state index in [1.54, 1.807) is 7.11 Å². The van der Waals surface area contributed by atoms with Crippen LogP contribution >= 0.6 is 0 Å². The van der Waals surface area contributed by atoms with Crippen LogP contribution < -0.4 is 15.0 Å². The lowest BCUT2D eigenvalue weighted by Crippen LogP contribution is -2.47. The lowest BCUT2D eigenvalue weighted by Gasteiger charge is -2.32. The Morgan fingerprint density at radius 1 is 1.32 bits per heavy atom. The third kappa shape index (κ3) is 3.61. The molecule has 4 nitrogen and oxygen atoms in total. The monoisotopic (exact) mass is 263 g/mol. The van der Waals surface area contributed by atoms with Crippen LogP contribution in [0.2, 0.25) is 0 Å². The number of aryl methyl sites for hydroxylation is 1. The summed E-state index contributed by atoms with van der Waals surface area (Å²) >= 11 is 0. The Balaban J connectivity index is 2.03. The third-order valence-electron chi connectivity index (χ3n) is 3.71. The molecule has 0 radical (unpaired) electrons. The molecule has 0 spiro atoms. The highest BCUT2D eigenvalue weighted by Gasteiger charge is 2.12. The van der Waals surface area contributed by atoms with Crippen LogP contribution in [0, 0.1) is 0 Å². The van der Waals surface area contributed by atoms with Gasteiger partial charge in [-0.25, -0.2) is 0 Å². The standard InChI is InChI=1S/C15H25N3O/c1-4-13-11-14(5-6-15(13)19-3)17(2)12-18-9-7-16-8-10-18/h5-6,11,16H,4,7-10,12H2,1-3H3. The van der Waals surface area contributed by atoms with Gasteiger partial charge in [-0.3, -0.25) is 4.90 Å². The molecule has 1 saturated heterocycles. The van der Waals surface area contributed by atoms with Gasteiger partial charge in [0.2, 0.25) is 0 Å². The van der Waals surface area contributed by atoms with Crippen molar-refractivity contribution in [1.82, 2.24) is 10.2 Å². The van der Waals surface area contributed by atoms with Crippen LogP contribution in [0.1, 0.15) is 12.5 Å². The van der Waals surface area contributed by atoms with Gasteiger partial charge < -0.3 is 15.0 Å². The number of rotatable bonds is 5. The largest absolute Gasteiger partial charge is 0.496 e. The van der Waals surface area contributed by atoms with Gasteiger partial charge in [-0.15, -0.1) is 0 Å². The number of nitrogens with one attached hydrogen (secondary N) is 1. The van der Waals surface area contributed by atoms with Crippen molar-refractivity contribution >= 4 is 5.69 Å². The molecule has 0 unspecified atom stereocenters. The van der Waals surface area contributed by atoms with E-state index in [9.17, 15) is 0 Å². The van der Waals surface area contributed by atoms with Crippen molar-refractivity contribution in [3.05, 3.63) is 23.8 Å². The Hall–Kier alpha value is -1.26. The number of benzene rings is 1. The van der Waals surface area contributed by atoms with E-state index in [-0.39, 0.29) is 0 Å². The Bertz CT molecular complexity index is 402. The highest BCUT2D eigenvalue weighted by atomic mass is 16.5. The minimum Gasteiger partial charge on any atom is -0.496 e. The molecule has 0 amide bonds. The zero-order valence-corrected chi connectivity index (χ0v) is 12.3. The third-order valence-corrected chi connectivity index (χ3v) is 3.71. The molecule has 1 aliphatic rings. The molecule has 0 bridgehead atoms. The second-order valence-corrected chi connectivity index (χ2v) is 5.06. The molecule has 1 N–H and O–H groups in total. The molecule has 0 aliphatic carbocycles. The zero-order valence-electron chi connectivity index (χ0n) is 12.3. The fourth-order valence-electron chi connectivity index (χ4n) is 2.51. The summed E-state index contributed by atoms with van der Waals surface area (Å²) in [7, 11) is 3.89. The predicted molar refractivity (Wildman–Crippen MR) is 80.1 cm³/mol. The van der Waals surface area contributed by atoms with Crippen LogP contribution in [0.25, 0.3) is 0 Å². The van der Waals surface area contributed by atoms with E-state index < -0.39 is 0 Å². The maximum absolute atomic E-state index is 5.38. The Labute approximate surface area is 116 Å². The van der Waals surface area contributed by atoms with E-state index in [0.29, 0.717) is 0 Å². The number of nitrogens with zero attached hydrogens (tertiary/aromatic N) is 2. The molecule has 106 valence electrons. The van der Waals surface area contributed by atoms with Gasteiger partial charge in [-0.05, 0) is 30.2 Å². The smallest absolute Gasteiger partial charge is 0.122 e. The molecular formula is C15H25N3O. The molecule has 1 heterocycles. The van der Waals surface area contributed by atoms with E-state index in [2.05, 4.69) is 47.3 Å². The van der Waals surface area contributed by atoms with Crippen molar-refractivity contribution in [2.24, 2.45) is 0 Å². The summed E-state index contributed by atoms with van der Waals surface area (Å²) in [6.07, 6.45) is 0.998. The van der Waals surface area contributed by atoms with E-state index in [0.717, 1.165) is 45.0 Å². The quantitative estimate of drug-likeness (QED) is 0.872. The molecule has 4 heteroatoms. The fraction of sp³-hybridized carbons (Fsp3) is 0.600. The number of ether oxygens (including phenoxy) is 1. The number of hydrogen-bond donors (Lipinski definition) is 1. The van der Waals surface area contributed by atoms with Gasteiger partial charge >= 0.3 is 0 Å². The van der Waals surface area contributed by atoms with Crippen molar-refractivity contribution in [3.8, 4) is 5.75 Å². The van der Waals surface area contributed by atoms with Gasteiger partial charge in [0.25, 0.3) is 0 Å². The molecule has 1 aromatic carbocycles. The first kappa shape index (κ1) is 14.2. The van der Waals surface area contributed by atoms with E-state index in [4.69, 9.17) is 4.74 Å². The molecule has 0 atom stereocenters. The summed E-state index contributed by atoms with van der Waals surface area (Å²) in [6, 6.07) is 6.45. The molecule has 1 aromatic rings. The molecule has 19 heavy (non-hydrogen) atoms. The van der Waals surface area contributed by atoms with Crippen LogP contribution in [0.5, 0.6) is 5.75 Å². The lowest BCUT2D eigenvalue weighted by molar-refractivity contribution is 0.243. The van der Waals surface area contributed by atoms with Crippen LogP contribution in [0.3, 0.4) is 0 Å². The van der Waals surface area contributed by atoms with E-state index >= 15 is 0 Å². The first-order chi connectivity index (χ1) is 9.24. The van der Waals surface area contributed by atoms with Crippen molar-refractivity contribution < 1.29 is 4.74 Å². The lowest BCUT2D eigenvalue weighted by atomic mass is 10.1. The van der Waals surface area contributed by atoms with Gasteiger partial charge in [0.05, 0.1) is 13.8 Å². The number of methoxy groups -OCH3 is 1. The van der Waals surface area contributed by atoms with Gasteiger partial charge in [-0.1, -0.05) is 6.92 Å². The minimum absolute atomic E-state index is 0.983. The highest BCUT2D eigenvalue weighted by Crippen LogP contribution is 2.25. The number of hydrogen-bond acceptors (Lipinski definition) is 4. The van der Waals surface area contributed by atoms with Crippen molar-refractivity contribution in [1.29, 1.82) is 0 Å². The van der Waals surface area contributed by atoms with Crippen molar-refractivity contribution in [2.45, 2.75) is 13.3 Å². The Morgan fingerprint density at radius 2 is 2.05 bits per heavy atom. The first-order valence-corrected chi connectivity index (χ1v) is 7.05. The summed E-state index contributed by atoms with van der Waals surface area (Å²) < 4.78 is 5.38. The van der Waals surface area contributed by atoms with Gasteiger partial charge in [0.1, 0.15) is 5.75 Å². The molecule has 0 saturated carbocycles. The van der Waals surface area contributed by atoms with Gasteiger partial charge in [0, 0.05) is 38.9 Å².